The number of pyridine rings is 1. The number of nitrogens with one attached hydrogen (secondary N) is 1. The summed E-state index contributed by atoms with van der Waals surface area (Å²) in [5.41, 5.74) is 3.97. The van der Waals surface area contributed by atoms with Gasteiger partial charge in [0.1, 0.15) is 5.82 Å². The standard InChI is InChI=1S/C32H32N4O5S/c1-4-40-28(37)15-13-22-12-14-27(34-29(22)31(39)41-19-20(2)3)36-17-16-21-8-7-9-23(24(21)18-36)30(38)35-32-33-25-10-5-6-11-26(25)42-32/h5-15,20H,4,16-19H2,1-3H3,(H,33,35,38)/b15-13+. The van der Waals surface area contributed by atoms with E-state index in [0.29, 0.717) is 41.6 Å². The first kappa shape index (κ1) is 28.9. The molecule has 9 nitrogen and oxygen atoms in total. The second kappa shape index (κ2) is 12.9. The van der Waals surface area contributed by atoms with Gasteiger partial charge in [0.15, 0.2) is 10.8 Å². The minimum Gasteiger partial charge on any atom is -0.463 e. The van der Waals surface area contributed by atoms with E-state index in [9.17, 15) is 14.4 Å². The number of hydrogen-bond donors (Lipinski definition) is 1. The Labute approximate surface area is 248 Å². The van der Waals surface area contributed by atoms with Crippen molar-refractivity contribution in [2.24, 2.45) is 5.92 Å². The van der Waals surface area contributed by atoms with E-state index < -0.39 is 11.9 Å². The van der Waals surface area contributed by atoms with Crippen LogP contribution in [0, 0.1) is 5.92 Å². The van der Waals surface area contributed by atoms with Crippen LogP contribution in [0.5, 0.6) is 0 Å². The van der Waals surface area contributed by atoms with E-state index in [1.54, 1.807) is 19.1 Å². The normalized spacial score (nSPS) is 12.9. The smallest absolute Gasteiger partial charge is 0.357 e. The van der Waals surface area contributed by atoms with Crippen LogP contribution in [-0.4, -0.2) is 47.6 Å². The van der Waals surface area contributed by atoms with Gasteiger partial charge < -0.3 is 14.4 Å². The zero-order valence-electron chi connectivity index (χ0n) is 23.8. The van der Waals surface area contributed by atoms with Crippen LogP contribution in [-0.2, 0) is 27.2 Å². The van der Waals surface area contributed by atoms with Crippen molar-refractivity contribution in [2.75, 3.05) is 30.0 Å². The molecule has 0 aliphatic carbocycles. The summed E-state index contributed by atoms with van der Waals surface area (Å²) in [7, 11) is 0. The molecule has 1 aliphatic heterocycles. The number of carbonyl (C=O) groups excluding carboxylic acids is 3. The van der Waals surface area contributed by atoms with Gasteiger partial charge in [0.25, 0.3) is 5.91 Å². The van der Waals surface area contributed by atoms with Crippen LogP contribution in [0.3, 0.4) is 0 Å². The molecule has 0 spiro atoms. The van der Waals surface area contributed by atoms with Gasteiger partial charge in [0.2, 0.25) is 0 Å². The number of anilines is 2. The lowest BCUT2D eigenvalue weighted by atomic mass is 9.94. The fourth-order valence-corrected chi connectivity index (χ4v) is 5.53. The molecule has 0 saturated heterocycles. The Balaban J connectivity index is 1.40. The number of ether oxygens (including phenoxy) is 2. The lowest BCUT2D eigenvalue weighted by molar-refractivity contribution is -0.137. The van der Waals surface area contributed by atoms with Gasteiger partial charge in [-0.15, -0.1) is 0 Å². The molecule has 0 unspecified atom stereocenters. The highest BCUT2D eigenvalue weighted by atomic mass is 32.1. The van der Waals surface area contributed by atoms with Crippen molar-refractivity contribution < 1.29 is 23.9 Å². The first-order valence-electron chi connectivity index (χ1n) is 13.9. The molecule has 1 N–H and O–H groups in total. The molecule has 2 aromatic heterocycles. The van der Waals surface area contributed by atoms with E-state index in [0.717, 1.165) is 21.3 Å². The number of para-hydroxylation sites is 1. The van der Waals surface area contributed by atoms with Gasteiger partial charge in [-0.3, -0.25) is 10.1 Å². The molecule has 0 fully saturated rings. The summed E-state index contributed by atoms with van der Waals surface area (Å²) in [5.74, 6) is -0.568. The fraction of sp³-hybridized carbons (Fsp3) is 0.281. The number of amides is 1. The van der Waals surface area contributed by atoms with E-state index in [4.69, 9.17) is 9.47 Å². The average Bonchev–Trinajstić information content (AvgIpc) is 3.40. The summed E-state index contributed by atoms with van der Waals surface area (Å²) < 4.78 is 11.5. The Morgan fingerprint density at radius 2 is 1.88 bits per heavy atom. The quantitative estimate of drug-likeness (QED) is 0.191. The van der Waals surface area contributed by atoms with Crippen LogP contribution >= 0.6 is 11.3 Å². The summed E-state index contributed by atoms with van der Waals surface area (Å²) in [6.07, 6.45) is 3.49. The number of benzene rings is 2. The van der Waals surface area contributed by atoms with Crippen LogP contribution in [0.2, 0.25) is 0 Å². The van der Waals surface area contributed by atoms with Crippen LogP contribution < -0.4 is 10.2 Å². The molecule has 1 aliphatic rings. The molecule has 10 heteroatoms. The predicted octanol–water partition coefficient (Wildman–Crippen LogP) is 5.90. The molecule has 0 bridgehead atoms. The SMILES string of the molecule is CCOC(=O)/C=C/c1ccc(N2CCc3cccc(C(=O)Nc4nc5ccccc5s4)c3C2)nc1C(=O)OCC(C)C. The number of hydrogen-bond acceptors (Lipinski definition) is 9. The predicted molar refractivity (Wildman–Crippen MR) is 164 cm³/mol. The van der Waals surface area contributed by atoms with Crippen LogP contribution in [0.15, 0.2) is 60.7 Å². The fourth-order valence-electron chi connectivity index (χ4n) is 4.67. The number of nitrogens with zero attached hydrogens (tertiary/aromatic N) is 3. The lowest BCUT2D eigenvalue weighted by Crippen LogP contribution is -2.33. The van der Waals surface area contributed by atoms with E-state index >= 15 is 0 Å². The number of rotatable bonds is 9. The van der Waals surface area contributed by atoms with Gasteiger partial charge in [-0.1, -0.05) is 49.4 Å². The van der Waals surface area contributed by atoms with E-state index in [-0.39, 0.29) is 30.7 Å². The Morgan fingerprint density at radius 1 is 1.05 bits per heavy atom. The summed E-state index contributed by atoms with van der Waals surface area (Å²) in [4.78, 5) is 49.6. The Kier molecular flexibility index (Phi) is 8.92. The molecule has 216 valence electrons. The number of carbonyl (C=O) groups is 3. The third-order valence-corrected chi connectivity index (χ3v) is 7.65. The van der Waals surface area contributed by atoms with Gasteiger partial charge in [0, 0.05) is 30.3 Å². The molecular weight excluding hydrogens is 552 g/mol. The molecule has 42 heavy (non-hydrogen) atoms. The number of aromatic nitrogens is 2. The number of fused-ring (bicyclic) bond motifs is 2. The zero-order chi connectivity index (χ0) is 29.6. The third kappa shape index (κ3) is 6.66. The second-order valence-electron chi connectivity index (χ2n) is 10.2. The molecule has 0 radical (unpaired) electrons. The molecule has 3 heterocycles. The summed E-state index contributed by atoms with van der Waals surface area (Å²) >= 11 is 1.43. The molecular formula is C32H32N4O5S. The summed E-state index contributed by atoms with van der Waals surface area (Å²) in [5, 5.41) is 3.51. The minimum atomic E-state index is -0.567. The molecule has 4 aromatic rings. The van der Waals surface area contributed by atoms with Gasteiger partial charge in [-0.05, 0) is 66.8 Å². The number of thiazole rings is 1. The second-order valence-corrected chi connectivity index (χ2v) is 11.3. The van der Waals surface area contributed by atoms with Gasteiger partial charge in [-0.25, -0.2) is 19.6 Å². The van der Waals surface area contributed by atoms with Crippen molar-refractivity contribution >= 4 is 56.4 Å². The maximum Gasteiger partial charge on any atom is 0.357 e. The molecule has 1 amide bonds. The van der Waals surface area contributed by atoms with Gasteiger partial charge >= 0.3 is 11.9 Å². The Bertz CT molecular complexity index is 1630. The van der Waals surface area contributed by atoms with Crippen LogP contribution in [0.25, 0.3) is 16.3 Å². The molecule has 2 aromatic carbocycles. The van der Waals surface area contributed by atoms with Crippen molar-refractivity contribution in [3.8, 4) is 0 Å². The van der Waals surface area contributed by atoms with Crippen molar-refractivity contribution in [1.82, 2.24) is 9.97 Å². The minimum absolute atomic E-state index is 0.112. The van der Waals surface area contributed by atoms with Crippen molar-refractivity contribution in [3.63, 3.8) is 0 Å². The highest BCUT2D eigenvalue weighted by Crippen LogP contribution is 2.29. The monoisotopic (exact) mass is 584 g/mol. The zero-order valence-corrected chi connectivity index (χ0v) is 24.6. The van der Waals surface area contributed by atoms with Crippen LogP contribution in [0.1, 0.15) is 58.3 Å². The first-order valence-corrected chi connectivity index (χ1v) is 14.7. The highest BCUT2D eigenvalue weighted by Gasteiger charge is 2.25. The maximum absolute atomic E-state index is 13.4. The summed E-state index contributed by atoms with van der Waals surface area (Å²) in [6, 6.07) is 17.0. The largest absolute Gasteiger partial charge is 0.463 e. The van der Waals surface area contributed by atoms with Gasteiger partial charge in [0.05, 0.1) is 23.4 Å². The van der Waals surface area contributed by atoms with Crippen molar-refractivity contribution in [3.05, 3.63) is 88.6 Å². The van der Waals surface area contributed by atoms with Gasteiger partial charge in [-0.2, -0.15) is 0 Å². The van der Waals surface area contributed by atoms with E-state index in [1.807, 2.05) is 61.2 Å². The van der Waals surface area contributed by atoms with E-state index in [1.165, 1.54) is 23.5 Å². The van der Waals surface area contributed by atoms with E-state index in [2.05, 4.69) is 15.3 Å². The molecule has 0 atom stereocenters. The number of esters is 2. The first-order chi connectivity index (χ1) is 20.3. The average molecular weight is 585 g/mol. The molecule has 0 saturated carbocycles. The maximum atomic E-state index is 13.4. The summed E-state index contributed by atoms with van der Waals surface area (Å²) in [6.45, 7) is 7.22. The Morgan fingerprint density at radius 3 is 2.67 bits per heavy atom. The van der Waals surface area contributed by atoms with Crippen molar-refractivity contribution in [1.29, 1.82) is 0 Å². The Hall–Kier alpha value is -4.57. The van der Waals surface area contributed by atoms with Crippen LogP contribution in [0.4, 0.5) is 10.9 Å². The topological polar surface area (TPSA) is 111 Å². The molecule has 5 rings (SSSR count). The third-order valence-electron chi connectivity index (χ3n) is 6.69. The lowest BCUT2D eigenvalue weighted by Gasteiger charge is -2.31. The highest BCUT2D eigenvalue weighted by molar-refractivity contribution is 7.22. The van der Waals surface area contributed by atoms with Crippen molar-refractivity contribution in [2.45, 2.75) is 33.7 Å².